The molecule has 8 heteroatoms. The van der Waals surface area contributed by atoms with E-state index in [-0.39, 0.29) is 23.5 Å². The van der Waals surface area contributed by atoms with Crippen LogP contribution in [0.15, 0.2) is 6.07 Å². The lowest BCUT2D eigenvalue weighted by atomic mass is 9.98. The minimum Gasteiger partial charge on any atom is -0.352 e. The number of hydrazine groups is 1. The van der Waals surface area contributed by atoms with Gasteiger partial charge in [-0.1, -0.05) is 0 Å². The highest BCUT2D eigenvalue weighted by Gasteiger charge is 2.41. The van der Waals surface area contributed by atoms with Crippen LogP contribution in [0.4, 0.5) is 5.95 Å². The van der Waals surface area contributed by atoms with Crippen molar-refractivity contribution in [3.05, 3.63) is 17.5 Å². The lowest BCUT2D eigenvalue weighted by Gasteiger charge is -2.40. The van der Waals surface area contributed by atoms with Crippen LogP contribution in [0.5, 0.6) is 0 Å². The predicted octanol–water partition coefficient (Wildman–Crippen LogP) is -0.579. The second-order valence-corrected chi connectivity index (χ2v) is 5.13. The number of nitrogens with one attached hydrogen (secondary N) is 2. The summed E-state index contributed by atoms with van der Waals surface area (Å²) in [4.78, 5) is 34.0. The molecule has 2 amide bonds. The Hall–Kier alpha value is -2.22. The number of nitrogen functional groups attached to an aromatic ring is 1. The first-order chi connectivity index (χ1) is 9.36. The van der Waals surface area contributed by atoms with E-state index in [0.29, 0.717) is 18.8 Å². The van der Waals surface area contributed by atoms with Crippen molar-refractivity contribution in [2.24, 2.45) is 5.84 Å². The Bertz CT molecular complexity index is 557. The third kappa shape index (κ3) is 2.42. The van der Waals surface area contributed by atoms with E-state index < -0.39 is 5.54 Å². The third-order valence-electron chi connectivity index (χ3n) is 3.30. The van der Waals surface area contributed by atoms with Crippen LogP contribution in [0.3, 0.4) is 0 Å². The number of aromatic nitrogens is 2. The summed E-state index contributed by atoms with van der Waals surface area (Å²) in [5.74, 6) is 4.96. The molecule has 1 fully saturated rings. The van der Waals surface area contributed by atoms with E-state index in [2.05, 4.69) is 20.7 Å². The Balaban J connectivity index is 2.35. The number of hydrogen-bond donors (Lipinski definition) is 3. The summed E-state index contributed by atoms with van der Waals surface area (Å²) in [6.07, 6.45) is 0. The zero-order chi connectivity index (χ0) is 14.9. The smallest absolute Gasteiger partial charge is 0.273 e. The Kier molecular flexibility index (Phi) is 3.58. The van der Waals surface area contributed by atoms with Crippen molar-refractivity contribution >= 4 is 17.8 Å². The quantitative estimate of drug-likeness (QED) is 0.493. The second kappa shape index (κ2) is 5.04. The number of piperazine rings is 1. The summed E-state index contributed by atoms with van der Waals surface area (Å²) in [5.41, 5.74) is 2.25. The topological polar surface area (TPSA) is 113 Å². The molecule has 0 bridgehead atoms. The Morgan fingerprint density at radius 3 is 2.85 bits per heavy atom. The number of carbonyl (C=O) groups is 2. The van der Waals surface area contributed by atoms with Crippen LogP contribution in [0.1, 0.15) is 30.0 Å². The minimum absolute atomic E-state index is 0.174. The molecule has 0 atom stereocenters. The summed E-state index contributed by atoms with van der Waals surface area (Å²) in [6.45, 7) is 6.02. The van der Waals surface area contributed by atoms with Gasteiger partial charge in [0.2, 0.25) is 11.9 Å². The number of nitrogens with zero attached hydrogens (tertiary/aromatic N) is 3. The number of rotatable bonds is 2. The van der Waals surface area contributed by atoms with Gasteiger partial charge < -0.3 is 10.2 Å². The molecule has 2 rings (SSSR count). The van der Waals surface area contributed by atoms with E-state index in [1.807, 2.05) is 0 Å². The van der Waals surface area contributed by atoms with Crippen molar-refractivity contribution in [3.8, 4) is 0 Å². The molecule has 0 aromatic carbocycles. The van der Waals surface area contributed by atoms with E-state index >= 15 is 0 Å². The van der Waals surface area contributed by atoms with Crippen molar-refractivity contribution in [2.75, 3.05) is 18.5 Å². The normalized spacial score (nSPS) is 17.6. The van der Waals surface area contributed by atoms with Crippen molar-refractivity contribution in [3.63, 3.8) is 0 Å². The van der Waals surface area contributed by atoms with Gasteiger partial charge in [0.1, 0.15) is 11.2 Å². The minimum atomic E-state index is -0.912. The van der Waals surface area contributed by atoms with Gasteiger partial charge in [0.05, 0.1) is 0 Å². The van der Waals surface area contributed by atoms with Crippen LogP contribution in [0.25, 0.3) is 0 Å². The maximum Gasteiger partial charge on any atom is 0.273 e. The zero-order valence-corrected chi connectivity index (χ0v) is 11.7. The van der Waals surface area contributed by atoms with Crippen LogP contribution < -0.4 is 16.6 Å². The third-order valence-corrected chi connectivity index (χ3v) is 3.30. The van der Waals surface area contributed by atoms with Crippen LogP contribution in [-0.4, -0.2) is 45.3 Å². The highest BCUT2D eigenvalue weighted by Crippen LogP contribution is 2.20. The van der Waals surface area contributed by atoms with Crippen LogP contribution in [0, 0.1) is 6.92 Å². The van der Waals surface area contributed by atoms with Crippen LogP contribution in [-0.2, 0) is 4.79 Å². The van der Waals surface area contributed by atoms with Crippen molar-refractivity contribution in [1.29, 1.82) is 0 Å². The predicted molar refractivity (Wildman–Crippen MR) is 72.7 cm³/mol. The Morgan fingerprint density at radius 2 is 2.20 bits per heavy atom. The van der Waals surface area contributed by atoms with E-state index in [4.69, 9.17) is 5.84 Å². The van der Waals surface area contributed by atoms with Gasteiger partial charge in [-0.3, -0.25) is 15.0 Å². The zero-order valence-electron chi connectivity index (χ0n) is 11.7. The van der Waals surface area contributed by atoms with Crippen molar-refractivity contribution < 1.29 is 9.59 Å². The van der Waals surface area contributed by atoms with Gasteiger partial charge in [0.25, 0.3) is 5.91 Å². The molecule has 1 aromatic heterocycles. The van der Waals surface area contributed by atoms with Gasteiger partial charge in [-0.05, 0) is 26.8 Å². The molecule has 1 saturated heterocycles. The van der Waals surface area contributed by atoms with E-state index in [1.165, 1.54) is 4.90 Å². The van der Waals surface area contributed by atoms with Gasteiger partial charge in [-0.2, -0.15) is 0 Å². The van der Waals surface area contributed by atoms with E-state index in [9.17, 15) is 9.59 Å². The first-order valence-corrected chi connectivity index (χ1v) is 6.29. The molecule has 0 aliphatic carbocycles. The molecule has 1 aliphatic heterocycles. The van der Waals surface area contributed by atoms with Gasteiger partial charge in [-0.25, -0.2) is 15.8 Å². The molecular weight excluding hydrogens is 260 g/mol. The number of hydrogen-bond acceptors (Lipinski definition) is 6. The van der Waals surface area contributed by atoms with Gasteiger partial charge in [0.15, 0.2) is 0 Å². The lowest BCUT2D eigenvalue weighted by molar-refractivity contribution is -0.133. The Labute approximate surface area is 116 Å². The highest BCUT2D eigenvalue weighted by atomic mass is 16.2. The molecule has 1 aromatic rings. The first-order valence-electron chi connectivity index (χ1n) is 6.29. The van der Waals surface area contributed by atoms with Crippen LogP contribution in [0.2, 0.25) is 0 Å². The van der Waals surface area contributed by atoms with E-state index in [0.717, 1.165) is 0 Å². The monoisotopic (exact) mass is 278 g/mol. The fourth-order valence-corrected chi connectivity index (χ4v) is 2.14. The fourth-order valence-electron chi connectivity index (χ4n) is 2.14. The molecule has 0 radical (unpaired) electrons. The number of amides is 2. The average Bonchev–Trinajstić information content (AvgIpc) is 2.40. The molecule has 0 spiro atoms. The maximum atomic E-state index is 12.6. The van der Waals surface area contributed by atoms with Gasteiger partial charge in [0, 0.05) is 18.8 Å². The molecular formula is C12H18N6O2. The lowest BCUT2D eigenvalue weighted by Crippen LogP contribution is -2.63. The van der Waals surface area contributed by atoms with Gasteiger partial charge >= 0.3 is 0 Å². The first kappa shape index (κ1) is 14.2. The second-order valence-electron chi connectivity index (χ2n) is 5.13. The average molecular weight is 278 g/mol. The standard InChI is InChI=1S/C12H18N6O2/c1-7-6-8(16-11(15-7)17-13)9(19)18-5-4-14-10(20)12(18,2)3/h6H,4-5,13H2,1-3H3,(H,14,20)(H,15,16,17). The molecule has 4 N–H and O–H groups in total. The molecule has 0 unspecified atom stereocenters. The SMILES string of the molecule is Cc1cc(C(=O)N2CCNC(=O)C2(C)C)nc(NN)n1. The summed E-state index contributed by atoms with van der Waals surface area (Å²) < 4.78 is 0. The molecule has 1 aliphatic rings. The molecule has 20 heavy (non-hydrogen) atoms. The summed E-state index contributed by atoms with van der Waals surface area (Å²) >= 11 is 0. The Morgan fingerprint density at radius 1 is 1.50 bits per heavy atom. The highest BCUT2D eigenvalue weighted by molar-refractivity contribution is 5.98. The fraction of sp³-hybridized carbons (Fsp3) is 0.500. The largest absolute Gasteiger partial charge is 0.352 e. The summed E-state index contributed by atoms with van der Waals surface area (Å²) in [5, 5.41) is 2.74. The van der Waals surface area contributed by atoms with Crippen LogP contribution >= 0.6 is 0 Å². The number of aryl methyl sites for hydroxylation is 1. The molecule has 108 valence electrons. The van der Waals surface area contributed by atoms with Gasteiger partial charge in [-0.15, -0.1) is 0 Å². The van der Waals surface area contributed by atoms with E-state index in [1.54, 1.807) is 26.8 Å². The molecule has 0 saturated carbocycles. The summed E-state index contributed by atoms with van der Waals surface area (Å²) in [6, 6.07) is 1.58. The maximum absolute atomic E-state index is 12.6. The molecule has 2 heterocycles. The number of anilines is 1. The summed E-state index contributed by atoms with van der Waals surface area (Å²) in [7, 11) is 0. The number of nitrogens with two attached hydrogens (primary N) is 1. The van der Waals surface area contributed by atoms with Crippen molar-refractivity contribution in [2.45, 2.75) is 26.3 Å². The van der Waals surface area contributed by atoms with Crippen molar-refractivity contribution in [1.82, 2.24) is 20.2 Å². The number of carbonyl (C=O) groups excluding carboxylic acids is 2. The molecule has 8 nitrogen and oxygen atoms in total.